The maximum Gasteiger partial charge on any atom is 0.282 e. The van der Waals surface area contributed by atoms with Gasteiger partial charge in [0.1, 0.15) is 0 Å². The fraction of sp³-hybridized carbons (Fsp3) is 0.105. The molecule has 3 aromatic rings. The van der Waals surface area contributed by atoms with Crippen LogP contribution in [0.3, 0.4) is 0 Å². The minimum absolute atomic E-state index is 0.101. The number of hydrogen-bond donors (Lipinski definition) is 0. The van der Waals surface area contributed by atoms with Gasteiger partial charge in [0.15, 0.2) is 5.69 Å². The Morgan fingerprint density at radius 3 is 2.21 bits per heavy atom. The van der Waals surface area contributed by atoms with Crippen molar-refractivity contribution in [2.75, 3.05) is 11.9 Å². The number of rotatable bonds is 3. The number of anilines is 1. The lowest BCUT2D eigenvalue weighted by Crippen LogP contribution is -2.33. The third-order valence-corrected chi connectivity index (χ3v) is 3.76. The number of aryl methyl sites for hydroxylation is 1. The van der Waals surface area contributed by atoms with Crippen molar-refractivity contribution in [1.82, 2.24) is 9.78 Å². The first-order chi connectivity index (χ1) is 11.6. The van der Waals surface area contributed by atoms with E-state index < -0.39 is 5.91 Å². The predicted molar refractivity (Wildman–Crippen MR) is 93.7 cm³/mol. The first-order valence-corrected chi connectivity index (χ1v) is 7.57. The van der Waals surface area contributed by atoms with Crippen molar-refractivity contribution in [2.24, 2.45) is 0 Å². The Labute approximate surface area is 139 Å². The summed E-state index contributed by atoms with van der Waals surface area (Å²) in [6.07, 6.45) is 0. The molecule has 0 aliphatic carbocycles. The zero-order chi connectivity index (χ0) is 17.1. The highest BCUT2D eigenvalue weighted by atomic mass is 16.2. The fourth-order valence-electron chi connectivity index (χ4n) is 2.45. The average molecular weight is 319 g/mol. The maximum atomic E-state index is 12.7. The third-order valence-electron chi connectivity index (χ3n) is 3.76. The SMILES string of the molecule is Cc1cc(=O)c(C(=O)N(C)c2ccccc2)nn1-c1ccccc1. The van der Waals surface area contributed by atoms with Crippen molar-refractivity contribution in [3.05, 3.63) is 88.3 Å². The van der Waals surface area contributed by atoms with Crippen molar-refractivity contribution in [2.45, 2.75) is 6.92 Å². The lowest BCUT2D eigenvalue weighted by atomic mass is 10.2. The van der Waals surface area contributed by atoms with E-state index in [0.29, 0.717) is 11.4 Å². The molecule has 120 valence electrons. The molecule has 24 heavy (non-hydrogen) atoms. The van der Waals surface area contributed by atoms with Crippen molar-refractivity contribution in [3.8, 4) is 5.69 Å². The molecule has 3 rings (SSSR count). The van der Waals surface area contributed by atoms with Gasteiger partial charge in [0.05, 0.1) is 5.69 Å². The average Bonchev–Trinajstić information content (AvgIpc) is 2.62. The van der Waals surface area contributed by atoms with Crippen LogP contribution >= 0.6 is 0 Å². The van der Waals surface area contributed by atoms with Gasteiger partial charge in [-0.15, -0.1) is 0 Å². The van der Waals surface area contributed by atoms with Gasteiger partial charge < -0.3 is 4.90 Å². The molecule has 0 radical (unpaired) electrons. The summed E-state index contributed by atoms with van der Waals surface area (Å²) < 4.78 is 1.60. The number of carbonyl (C=O) groups excluding carboxylic acids is 1. The quantitative estimate of drug-likeness (QED) is 0.746. The smallest absolute Gasteiger partial charge is 0.282 e. The summed E-state index contributed by atoms with van der Waals surface area (Å²) in [6, 6.07) is 20.0. The number of nitrogens with zero attached hydrogens (tertiary/aromatic N) is 3. The Kier molecular flexibility index (Phi) is 4.24. The third kappa shape index (κ3) is 2.96. The molecule has 0 N–H and O–H groups in total. The molecule has 0 bridgehead atoms. The summed E-state index contributed by atoms with van der Waals surface area (Å²) in [6.45, 7) is 1.79. The van der Waals surface area contributed by atoms with Crippen LogP contribution < -0.4 is 10.3 Å². The zero-order valence-corrected chi connectivity index (χ0v) is 13.5. The van der Waals surface area contributed by atoms with Gasteiger partial charge >= 0.3 is 0 Å². The molecule has 5 nitrogen and oxygen atoms in total. The maximum absolute atomic E-state index is 12.7. The number of amides is 1. The molecular weight excluding hydrogens is 302 g/mol. The Hall–Kier alpha value is -3.21. The second kappa shape index (κ2) is 6.50. The molecule has 0 atom stereocenters. The van der Waals surface area contributed by atoms with Gasteiger partial charge in [0, 0.05) is 24.5 Å². The molecule has 0 saturated heterocycles. The van der Waals surface area contributed by atoms with Gasteiger partial charge in [0.25, 0.3) is 5.91 Å². The summed E-state index contributed by atoms with van der Waals surface area (Å²) in [4.78, 5) is 26.4. The highest BCUT2D eigenvalue weighted by molar-refractivity contribution is 6.04. The Bertz CT molecular complexity index is 918. The summed E-state index contributed by atoms with van der Waals surface area (Å²) in [5, 5.41) is 4.30. The van der Waals surface area contributed by atoms with E-state index in [4.69, 9.17) is 0 Å². The Balaban J connectivity index is 2.05. The van der Waals surface area contributed by atoms with Crippen LogP contribution in [0.4, 0.5) is 5.69 Å². The monoisotopic (exact) mass is 319 g/mol. The molecule has 1 amide bonds. The molecule has 5 heteroatoms. The first kappa shape index (κ1) is 15.7. The lowest BCUT2D eigenvalue weighted by molar-refractivity contribution is 0.0985. The van der Waals surface area contributed by atoms with Gasteiger partial charge in [-0.25, -0.2) is 4.68 Å². The van der Waals surface area contributed by atoms with Crippen molar-refractivity contribution >= 4 is 11.6 Å². The molecule has 0 spiro atoms. The summed E-state index contributed by atoms with van der Waals surface area (Å²) in [7, 11) is 1.63. The van der Waals surface area contributed by atoms with Gasteiger partial charge in [-0.3, -0.25) is 9.59 Å². The fourth-order valence-corrected chi connectivity index (χ4v) is 2.45. The number of aromatic nitrogens is 2. The van der Waals surface area contributed by atoms with E-state index in [2.05, 4.69) is 5.10 Å². The molecule has 1 heterocycles. The van der Waals surface area contributed by atoms with Crippen LogP contribution in [0.15, 0.2) is 71.5 Å². The van der Waals surface area contributed by atoms with Crippen LogP contribution in [0.1, 0.15) is 16.2 Å². The number of carbonyl (C=O) groups is 1. The van der Waals surface area contributed by atoms with E-state index in [1.807, 2.05) is 60.7 Å². The lowest BCUT2D eigenvalue weighted by Gasteiger charge is -2.17. The van der Waals surface area contributed by atoms with E-state index in [1.54, 1.807) is 18.7 Å². The van der Waals surface area contributed by atoms with Crippen molar-refractivity contribution in [3.63, 3.8) is 0 Å². The van der Waals surface area contributed by atoms with E-state index in [0.717, 1.165) is 5.69 Å². The largest absolute Gasteiger partial charge is 0.310 e. The summed E-state index contributed by atoms with van der Waals surface area (Å²) >= 11 is 0. The van der Waals surface area contributed by atoms with Crippen LogP contribution in [-0.2, 0) is 0 Å². The minimum Gasteiger partial charge on any atom is -0.310 e. The van der Waals surface area contributed by atoms with Gasteiger partial charge in [-0.2, -0.15) is 5.10 Å². The van der Waals surface area contributed by atoms with E-state index in [-0.39, 0.29) is 11.1 Å². The molecule has 0 aliphatic heterocycles. The van der Waals surface area contributed by atoms with Crippen molar-refractivity contribution < 1.29 is 4.79 Å². The van der Waals surface area contributed by atoms with E-state index in [9.17, 15) is 9.59 Å². The second-order valence-electron chi connectivity index (χ2n) is 5.45. The van der Waals surface area contributed by atoms with Crippen LogP contribution in [0.2, 0.25) is 0 Å². The number of benzene rings is 2. The normalized spacial score (nSPS) is 10.4. The van der Waals surface area contributed by atoms with E-state index in [1.165, 1.54) is 11.0 Å². The Morgan fingerprint density at radius 2 is 1.58 bits per heavy atom. The molecular formula is C19H17N3O2. The van der Waals surface area contributed by atoms with Crippen LogP contribution in [0.5, 0.6) is 0 Å². The van der Waals surface area contributed by atoms with Crippen molar-refractivity contribution in [1.29, 1.82) is 0 Å². The zero-order valence-electron chi connectivity index (χ0n) is 13.5. The summed E-state index contributed by atoms with van der Waals surface area (Å²) in [5.41, 5.74) is 1.69. The van der Waals surface area contributed by atoms with Gasteiger partial charge in [0.2, 0.25) is 5.43 Å². The number of para-hydroxylation sites is 2. The standard InChI is InChI=1S/C19H17N3O2/c1-14-13-17(23)18(20-22(14)16-11-7-4-8-12-16)19(24)21(2)15-9-5-3-6-10-15/h3-13H,1-2H3. The molecule has 1 aromatic heterocycles. The predicted octanol–water partition coefficient (Wildman–Crippen LogP) is 2.82. The molecule has 0 unspecified atom stereocenters. The Morgan fingerprint density at radius 1 is 1.00 bits per heavy atom. The van der Waals surface area contributed by atoms with Gasteiger partial charge in [-0.1, -0.05) is 36.4 Å². The minimum atomic E-state index is -0.434. The topological polar surface area (TPSA) is 55.2 Å². The van der Waals surface area contributed by atoms with Crippen LogP contribution in [0, 0.1) is 6.92 Å². The summed E-state index contributed by atoms with van der Waals surface area (Å²) in [5.74, 6) is -0.434. The highest BCUT2D eigenvalue weighted by Crippen LogP contribution is 2.14. The van der Waals surface area contributed by atoms with Gasteiger partial charge in [-0.05, 0) is 31.2 Å². The number of hydrogen-bond acceptors (Lipinski definition) is 3. The van der Waals surface area contributed by atoms with Crippen LogP contribution in [-0.4, -0.2) is 22.7 Å². The molecule has 2 aromatic carbocycles. The first-order valence-electron chi connectivity index (χ1n) is 7.57. The molecule has 0 fully saturated rings. The highest BCUT2D eigenvalue weighted by Gasteiger charge is 2.20. The molecule has 0 saturated carbocycles. The second-order valence-corrected chi connectivity index (χ2v) is 5.45. The molecule has 0 aliphatic rings. The van der Waals surface area contributed by atoms with Crippen LogP contribution in [0.25, 0.3) is 5.69 Å². The van der Waals surface area contributed by atoms with E-state index >= 15 is 0 Å².